The molecule has 3 aliphatic heterocycles. The van der Waals surface area contributed by atoms with E-state index in [1.54, 1.807) is 6.92 Å². The van der Waals surface area contributed by atoms with Crippen molar-refractivity contribution in [1.82, 2.24) is 19.4 Å². The van der Waals surface area contributed by atoms with Crippen LogP contribution in [0.2, 0.25) is 0 Å². The third-order valence-corrected chi connectivity index (χ3v) is 6.39. The molecule has 1 aromatic rings. The Bertz CT molecular complexity index is 795. The lowest BCUT2D eigenvalue weighted by Gasteiger charge is -2.40. The maximum atomic E-state index is 12.8. The van der Waals surface area contributed by atoms with Crippen LogP contribution in [0.25, 0.3) is 0 Å². The lowest BCUT2D eigenvalue weighted by molar-refractivity contribution is -0.132. The van der Waals surface area contributed by atoms with E-state index >= 15 is 0 Å². The fourth-order valence-corrected chi connectivity index (χ4v) is 4.60. The molecule has 5 rings (SSSR count). The Morgan fingerprint density at radius 2 is 1.96 bits per heavy atom. The molecule has 4 heterocycles. The molecule has 1 amide bonds. The summed E-state index contributed by atoms with van der Waals surface area (Å²) >= 11 is 0. The smallest absolute Gasteiger partial charge is 0.328 e. The molecule has 7 heteroatoms. The predicted molar refractivity (Wildman–Crippen MR) is 98.1 cm³/mol. The van der Waals surface area contributed by atoms with Gasteiger partial charge >= 0.3 is 5.69 Å². The number of nitrogens with one attached hydrogen (secondary N) is 1. The predicted octanol–water partition coefficient (Wildman–Crippen LogP) is 0.568. The highest BCUT2D eigenvalue weighted by molar-refractivity contribution is 5.76. The monoisotopic (exact) mass is 360 g/mol. The number of aromatic nitrogens is 2. The summed E-state index contributed by atoms with van der Waals surface area (Å²) in [6.07, 6.45) is 7.90. The average molecular weight is 360 g/mol. The molecule has 0 radical (unpaired) electrons. The Labute approximate surface area is 153 Å². The Morgan fingerprint density at radius 1 is 1.15 bits per heavy atom. The summed E-state index contributed by atoms with van der Waals surface area (Å²) < 4.78 is 1.32. The van der Waals surface area contributed by atoms with E-state index in [-0.39, 0.29) is 12.5 Å². The minimum atomic E-state index is -0.515. The Morgan fingerprint density at radius 3 is 2.69 bits per heavy atom. The van der Waals surface area contributed by atoms with Crippen molar-refractivity contribution >= 4 is 5.91 Å². The second kappa shape index (κ2) is 7.02. The van der Waals surface area contributed by atoms with Crippen LogP contribution in [-0.2, 0) is 11.3 Å². The number of hydrogen-bond acceptors (Lipinski definition) is 4. The lowest BCUT2D eigenvalue weighted by Crippen LogP contribution is -2.47. The number of nitrogens with zero attached hydrogens (tertiary/aromatic N) is 3. The van der Waals surface area contributed by atoms with Gasteiger partial charge < -0.3 is 4.90 Å². The Balaban J connectivity index is 1.44. The molecule has 0 aromatic carbocycles. The van der Waals surface area contributed by atoms with Crippen LogP contribution in [0.4, 0.5) is 0 Å². The van der Waals surface area contributed by atoms with Gasteiger partial charge in [-0.3, -0.25) is 24.0 Å². The summed E-state index contributed by atoms with van der Waals surface area (Å²) in [5, 5.41) is 0. The van der Waals surface area contributed by atoms with Gasteiger partial charge in [-0.15, -0.1) is 0 Å². The second-order valence-electron chi connectivity index (χ2n) is 8.35. The first-order valence-corrected chi connectivity index (χ1v) is 9.82. The summed E-state index contributed by atoms with van der Waals surface area (Å²) in [6.45, 7) is 5.47. The van der Waals surface area contributed by atoms with Gasteiger partial charge in [0.2, 0.25) is 5.91 Å². The Hall–Kier alpha value is -1.89. The van der Waals surface area contributed by atoms with Crippen molar-refractivity contribution in [2.75, 3.05) is 26.2 Å². The number of carbonyl (C=O) groups is 1. The van der Waals surface area contributed by atoms with Gasteiger partial charge in [-0.05, 0) is 44.4 Å². The molecule has 2 bridgehead atoms. The van der Waals surface area contributed by atoms with Gasteiger partial charge in [-0.2, -0.15) is 0 Å². The van der Waals surface area contributed by atoms with E-state index in [1.807, 2.05) is 4.90 Å². The topological polar surface area (TPSA) is 78.4 Å². The van der Waals surface area contributed by atoms with Gasteiger partial charge in [0.15, 0.2) is 0 Å². The van der Waals surface area contributed by atoms with Crippen molar-refractivity contribution in [3.8, 4) is 0 Å². The minimum absolute atomic E-state index is 0.00147. The number of aryl methyl sites for hydroxylation is 1. The molecule has 0 spiro atoms. The second-order valence-corrected chi connectivity index (χ2v) is 8.35. The fraction of sp³-hybridized carbons (Fsp3) is 0.737. The molecule has 0 unspecified atom stereocenters. The molecule has 4 aliphatic rings. The summed E-state index contributed by atoms with van der Waals surface area (Å²) in [4.78, 5) is 43.1. The number of rotatable bonds is 4. The quantitative estimate of drug-likeness (QED) is 0.851. The van der Waals surface area contributed by atoms with Crippen LogP contribution >= 0.6 is 0 Å². The highest BCUT2D eigenvalue weighted by atomic mass is 16.2. The molecule has 2 atom stereocenters. The normalized spacial score (nSPS) is 26.6. The summed E-state index contributed by atoms with van der Waals surface area (Å²) in [5.41, 5.74) is -0.462. The molecular formula is C19H28N4O3. The Kier molecular flexibility index (Phi) is 4.73. The van der Waals surface area contributed by atoms with Crippen molar-refractivity contribution in [2.45, 2.75) is 51.6 Å². The summed E-state index contributed by atoms with van der Waals surface area (Å²) in [5.74, 6) is 1.36. The van der Waals surface area contributed by atoms with Crippen LogP contribution in [-0.4, -0.2) is 57.5 Å². The van der Waals surface area contributed by atoms with Gasteiger partial charge in [-0.25, -0.2) is 4.79 Å². The van der Waals surface area contributed by atoms with Crippen molar-refractivity contribution in [1.29, 1.82) is 0 Å². The van der Waals surface area contributed by atoms with E-state index in [2.05, 4.69) is 9.88 Å². The van der Waals surface area contributed by atoms with E-state index in [9.17, 15) is 14.4 Å². The SMILES string of the molecule is Cc1cn(CC(=O)N2C[C@@H]3CC[C@H](C2)N(CC2CCC2)C3)c(=O)[nH]c1=O. The molecule has 1 aromatic heterocycles. The molecule has 4 fully saturated rings. The molecule has 1 N–H and O–H groups in total. The zero-order chi connectivity index (χ0) is 18.3. The average Bonchev–Trinajstić information content (AvgIpc) is 2.88. The zero-order valence-electron chi connectivity index (χ0n) is 15.4. The van der Waals surface area contributed by atoms with Gasteiger partial charge in [0.1, 0.15) is 6.54 Å². The van der Waals surface area contributed by atoms with Gasteiger partial charge in [-0.1, -0.05) is 6.42 Å². The third kappa shape index (κ3) is 3.49. The number of piperidine rings is 1. The van der Waals surface area contributed by atoms with Crippen LogP contribution in [0, 0.1) is 18.8 Å². The lowest BCUT2D eigenvalue weighted by atomic mass is 9.83. The number of hydrogen-bond donors (Lipinski definition) is 1. The van der Waals surface area contributed by atoms with Gasteiger partial charge in [0, 0.05) is 44.0 Å². The first-order valence-electron chi connectivity index (χ1n) is 9.82. The van der Waals surface area contributed by atoms with Gasteiger partial charge in [0.05, 0.1) is 0 Å². The van der Waals surface area contributed by atoms with Crippen molar-refractivity contribution < 1.29 is 4.79 Å². The van der Waals surface area contributed by atoms with Crippen LogP contribution < -0.4 is 11.2 Å². The van der Waals surface area contributed by atoms with Crippen LogP contribution in [0.1, 0.15) is 37.7 Å². The highest BCUT2D eigenvalue weighted by Crippen LogP contribution is 2.33. The van der Waals surface area contributed by atoms with Crippen molar-refractivity contribution in [2.24, 2.45) is 11.8 Å². The van der Waals surface area contributed by atoms with Crippen LogP contribution in [0.5, 0.6) is 0 Å². The number of H-pyrrole nitrogens is 1. The van der Waals surface area contributed by atoms with Crippen molar-refractivity contribution in [3.05, 3.63) is 32.6 Å². The van der Waals surface area contributed by atoms with E-state index in [0.717, 1.165) is 25.6 Å². The first kappa shape index (κ1) is 17.5. The number of fused-ring (bicyclic) bond motifs is 4. The summed E-state index contributed by atoms with van der Waals surface area (Å²) in [6, 6.07) is 0.451. The van der Waals surface area contributed by atoms with E-state index in [4.69, 9.17) is 0 Å². The number of aromatic amines is 1. The van der Waals surface area contributed by atoms with Crippen LogP contribution in [0.3, 0.4) is 0 Å². The first-order chi connectivity index (χ1) is 12.5. The standard InChI is InChI=1S/C19H28N4O3/c1-13-7-23(19(26)20-18(13)25)12-17(24)22-10-15-5-6-16(11-22)21(9-15)8-14-3-2-4-14/h7,14-16H,2-6,8-12H2,1H3,(H,20,25,26)/t15-,16-/m1/s1. The van der Waals surface area contributed by atoms with Crippen molar-refractivity contribution in [3.63, 3.8) is 0 Å². The number of carbonyl (C=O) groups excluding carboxylic acids is 1. The molecule has 7 nitrogen and oxygen atoms in total. The highest BCUT2D eigenvalue weighted by Gasteiger charge is 2.37. The fourth-order valence-electron chi connectivity index (χ4n) is 4.60. The largest absolute Gasteiger partial charge is 0.339 e. The summed E-state index contributed by atoms with van der Waals surface area (Å²) in [7, 11) is 0. The van der Waals surface area contributed by atoms with E-state index in [0.29, 0.717) is 17.5 Å². The minimum Gasteiger partial charge on any atom is -0.339 e. The number of amides is 1. The maximum absolute atomic E-state index is 12.8. The molecule has 142 valence electrons. The third-order valence-electron chi connectivity index (χ3n) is 6.39. The van der Waals surface area contributed by atoms with Gasteiger partial charge in [0.25, 0.3) is 5.56 Å². The molecule has 3 saturated heterocycles. The zero-order valence-corrected chi connectivity index (χ0v) is 15.4. The molecule has 26 heavy (non-hydrogen) atoms. The molecular weight excluding hydrogens is 332 g/mol. The van der Waals surface area contributed by atoms with E-state index < -0.39 is 11.2 Å². The molecule has 1 aliphatic carbocycles. The molecule has 1 saturated carbocycles. The van der Waals surface area contributed by atoms with E-state index in [1.165, 1.54) is 49.4 Å². The maximum Gasteiger partial charge on any atom is 0.328 e. The van der Waals surface area contributed by atoms with Crippen LogP contribution in [0.15, 0.2) is 15.8 Å².